The number of hydrogen-bond donors (Lipinski definition) is 0. The van der Waals surface area contributed by atoms with Crippen molar-refractivity contribution in [3.8, 4) is 0 Å². The Hall–Kier alpha value is -1.11. The number of hydrogen-bond acceptors (Lipinski definition) is 3. The average Bonchev–Trinajstić information content (AvgIpc) is 3.02. The lowest BCUT2D eigenvalue weighted by molar-refractivity contribution is -0.138. The van der Waals surface area contributed by atoms with Crippen LogP contribution >= 0.6 is 0 Å². The van der Waals surface area contributed by atoms with Gasteiger partial charge in [-0.25, -0.2) is 0 Å². The van der Waals surface area contributed by atoms with Crippen molar-refractivity contribution in [2.24, 2.45) is 5.92 Å². The normalized spacial score (nSPS) is 22.3. The fourth-order valence-electron chi connectivity index (χ4n) is 3.21. The van der Waals surface area contributed by atoms with Gasteiger partial charge < -0.3 is 9.47 Å². The lowest BCUT2D eigenvalue weighted by atomic mass is 9.95. The minimum Gasteiger partial charge on any atom is -0.350 e. The highest BCUT2D eigenvalue weighted by Gasteiger charge is 2.34. The molecule has 2 heterocycles. The summed E-state index contributed by atoms with van der Waals surface area (Å²) in [6, 6.07) is 5.82. The van der Waals surface area contributed by atoms with Crippen LogP contribution in [-0.2, 0) is 22.2 Å². The van der Waals surface area contributed by atoms with Gasteiger partial charge in [0.05, 0.1) is 18.8 Å². The predicted octanol–water partition coefficient (Wildman–Crippen LogP) is 3.29. The number of nitrogens with zero attached hydrogens (tertiary/aromatic N) is 1. The molecule has 1 aromatic rings. The molecule has 2 aliphatic heterocycles. The molecule has 122 valence electrons. The smallest absolute Gasteiger partial charge is 0.350 e. The molecule has 1 aromatic carbocycles. The molecule has 0 amide bonds. The highest BCUT2D eigenvalue weighted by Crippen LogP contribution is 2.33. The monoisotopic (exact) mass is 315 g/mol. The second kappa shape index (κ2) is 6.56. The number of ether oxygens (including phenoxy) is 2. The number of likely N-dealkylation sites (tertiary alicyclic amines) is 1. The first-order valence-electron chi connectivity index (χ1n) is 7.65. The van der Waals surface area contributed by atoms with Crippen LogP contribution in [0.3, 0.4) is 0 Å². The topological polar surface area (TPSA) is 21.7 Å². The van der Waals surface area contributed by atoms with E-state index in [4.69, 9.17) is 9.47 Å². The van der Waals surface area contributed by atoms with E-state index in [2.05, 4.69) is 4.90 Å². The number of benzene rings is 1. The van der Waals surface area contributed by atoms with Gasteiger partial charge in [-0.05, 0) is 37.6 Å². The third-order valence-corrected chi connectivity index (χ3v) is 4.38. The van der Waals surface area contributed by atoms with Gasteiger partial charge in [0, 0.05) is 12.5 Å². The zero-order chi connectivity index (χ0) is 15.6. The highest BCUT2D eigenvalue weighted by atomic mass is 19.4. The van der Waals surface area contributed by atoms with Crippen LogP contribution in [0.5, 0.6) is 0 Å². The molecule has 0 radical (unpaired) electrons. The molecule has 0 atom stereocenters. The molecule has 0 spiro atoms. The highest BCUT2D eigenvalue weighted by molar-refractivity contribution is 5.29. The summed E-state index contributed by atoms with van der Waals surface area (Å²) in [4.78, 5) is 2.08. The van der Waals surface area contributed by atoms with Crippen molar-refractivity contribution in [2.45, 2.75) is 31.9 Å². The summed E-state index contributed by atoms with van der Waals surface area (Å²) < 4.78 is 50.1. The summed E-state index contributed by atoms with van der Waals surface area (Å²) in [5.74, 6) is 0.358. The van der Waals surface area contributed by atoms with Crippen molar-refractivity contribution in [2.75, 3.05) is 26.3 Å². The largest absolute Gasteiger partial charge is 0.416 e. The molecule has 6 heteroatoms. The maximum Gasteiger partial charge on any atom is 0.416 e. The maximum absolute atomic E-state index is 13.0. The summed E-state index contributed by atoms with van der Waals surface area (Å²) in [7, 11) is 0. The molecule has 0 aliphatic carbocycles. The van der Waals surface area contributed by atoms with Crippen LogP contribution in [0.4, 0.5) is 13.2 Å². The van der Waals surface area contributed by atoms with Gasteiger partial charge in [-0.1, -0.05) is 18.2 Å². The number of piperidine rings is 1. The predicted molar refractivity (Wildman–Crippen MR) is 75.1 cm³/mol. The Labute approximate surface area is 128 Å². The maximum atomic E-state index is 13.0. The molecule has 22 heavy (non-hydrogen) atoms. The van der Waals surface area contributed by atoms with Gasteiger partial charge in [-0.3, -0.25) is 4.90 Å². The molecule has 0 bridgehead atoms. The Morgan fingerprint density at radius 2 is 1.68 bits per heavy atom. The van der Waals surface area contributed by atoms with E-state index < -0.39 is 11.7 Å². The van der Waals surface area contributed by atoms with E-state index in [-0.39, 0.29) is 6.29 Å². The summed E-state index contributed by atoms with van der Waals surface area (Å²) in [6.07, 6.45) is -2.61. The average molecular weight is 315 g/mol. The van der Waals surface area contributed by atoms with Gasteiger partial charge in [0.1, 0.15) is 0 Å². The number of rotatable bonds is 3. The van der Waals surface area contributed by atoms with Crippen LogP contribution in [0.2, 0.25) is 0 Å². The van der Waals surface area contributed by atoms with Gasteiger partial charge in [-0.2, -0.15) is 13.2 Å². The van der Waals surface area contributed by atoms with Crippen molar-refractivity contribution in [1.82, 2.24) is 4.90 Å². The fraction of sp³-hybridized carbons (Fsp3) is 0.625. The first-order valence-corrected chi connectivity index (χ1v) is 7.65. The molecular weight excluding hydrogens is 295 g/mol. The van der Waals surface area contributed by atoms with Gasteiger partial charge >= 0.3 is 6.18 Å². The third kappa shape index (κ3) is 3.62. The van der Waals surface area contributed by atoms with Gasteiger partial charge in [0.2, 0.25) is 0 Å². The quantitative estimate of drug-likeness (QED) is 0.854. The van der Waals surface area contributed by atoms with Crippen molar-refractivity contribution in [3.05, 3.63) is 35.4 Å². The van der Waals surface area contributed by atoms with E-state index in [0.29, 0.717) is 31.2 Å². The molecule has 3 nitrogen and oxygen atoms in total. The molecule has 2 fully saturated rings. The van der Waals surface area contributed by atoms with Crippen LogP contribution in [0.15, 0.2) is 24.3 Å². The van der Waals surface area contributed by atoms with Gasteiger partial charge in [0.25, 0.3) is 0 Å². The standard InChI is InChI=1S/C16H20F3NO2/c17-16(18,19)14-4-2-1-3-13(14)11-20-7-5-12(6-8-20)15-21-9-10-22-15/h1-4,12,15H,5-11H2. The second-order valence-corrected chi connectivity index (χ2v) is 5.88. The van der Waals surface area contributed by atoms with Crippen molar-refractivity contribution in [3.63, 3.8) is 0 Å². The molecular formula is C16H20F3NO2. The van der Waals surface area contributed by atoms with Crippen LogP contribution in [0.25, 0.3) is 0 Å². The molecule has 0 saturated carbocycles. The molecule has 0 unspecified atom stereocenters. The SMILES string of the molecule is FC(F)(F)c1ccccc1CN1CCC(C2OCCO2)CC1. The summed E-state index contributed by atoms with van der Waals surface area (Å²) in [6.45, 7) is 3.18. The molecule has 2 aliphatic rings. The van der Waals surface area contributed by atoms with E-state index in [1.807, 2.05) is 0 Å². The van der Waals surface area contributed by atoms with E-state index >= 15 is 0 Å². The van der Waals surface area contributed by atoms with Crippen molar-refractivity contribution >= 4 is 0 Å². The number of halogens is 3. The Morgan fingerprint density at radius 1 is 1.05 bits per heavy atom. The van der Waals surface area contributed by atoms with Gasteiger partial charge in [0.15, 0.2) is 6.29 Å². The minimum absolute atomic E-state index is 0.121. The van der Waals surface area contributed by atoms with Crippen LogP contribution in [0.1, 0.15) is 24.0 Å². The van der Waals surface area contributed by atoms with Crippen LogP contribution in [0, 0.1) is 5.92 Å². The number of alkyl halides is 3. The Kier molecular flexibility index (Phi) is 4.70. The Morgan fingerprint density at radius 3 is 2.32 bits per heavy atom. The van der Waals surface area contributed by atoms with Crippen LogP contribution < -0.4 is 0 Å². The lowest BCUT2D eigenvalue weighted by Crippen LogP contribution is -2.38. The zero-order valence-corrected chi connectivity index (χ0v) is 12.3. The van der Waals surface area contributed by atoms with Crippen LogP contribution in [-0.4, -0.2) is 37.5 Å². The molecule has 0 N–H and O–H groups in total. The lowest BCUT2D eigenvalue weighted by Gasteiger charge is -2.34. The van der Waals surface area contributed by atoms with E-state index in [0.717, 1.165) is 32.0 Å². The minimum atomic E-state index is -4.29. The van der Waals surface area contributed by atoms with E-state index in [9.17, 15) is 13.2 Å². The molecule has 2 saturated heterocycles. The third-order valence-electron chi connectivity index (χ3n) is 4.38. The first kappa shape index (κ1) is 15.8. The summed E-state index contributed by atoms with van der Waals surface area (Å²) in [5, 5.41) is 0. The Bertz CT molecular complexity index is 492. The Balaban J connectivity index is 1.59. The van der Waals surface area contributed by atoms with E-state index in [1.54, 1.807) is 12.1 Å². The first-order chi connectivity index (χ1) is 10.5. The van der Waals surface area contributed by atoms with E-state index in [1.165, 1.54) is 6.07 Å². The second-order valence-electron chi connectivity index (χ2n) is 5.88. The van der Waals surface area contributed by atoms with Crippen molar-refractivity contribution < 1.29 is 22.6 Å². The molecule has 3 rings (SSSR count). The summed E-state index contributed by atoms with van der Waals surface area (Å²) in [5.41, 5.74) is -0.179. The molecule has 0 aromatic heterocycles. The van der Waals surface area contributed by atoms with Gasteiger partial charge in [-0.15, -0.1) is 0 Å². The zero-order valence-electron chi connectivity index (χ0n) is 12.3. The van der Waals surface area contributed by atoms with Crippen molar-refractivity contribution in [1.29, 1.82) is 0 Å². The fourth-order valence-corrected chi connectivity index (χ4v) is 3.21. The summed E-state index contributed by atoms with van der Waals surface area (Å²) >= 11 is 0.